The fraction of sp³-hybridized carbons (Fsp3) is 0.314. The standard InChI is InChI=1S/C15H13.C12H19.C6H5.CH3.CH2.Zr/c1-10-3-5-14-12(7-10)9-13-8-11(2)4-6-15(13)14;1-5-6-10-7-8-11(9-10)12(2,3)4;1-2-4-6-5-3-1;;;/h3-7H,9H2,1-2H3;8-10H,5-6H2,1-4H3;1-5H;1H3;1H2;/q4*-1;;. The minimum Gasteiger partial charge on any atom is -0.358 e. The van der Waals surface area contributed by atoms with Gasteiger partial charge in [-0.15, -0.1) is 11.1 Å². The fourth-order valence-electron chi connectivity index (χ4n) is 4.17. The zero-order chi connectivity index (χ0) is 25.8. The molecule has 3 aromatic rings. The third kappa shape index (κ3) is 9.74. The van der Waals surface area contributed by atoms with E-state index >= 15 is 0 Å². The third-order valence-electron chi connectivity index (χ3n) is 6.00. The first-order valence-electron chi connectivity index (χ1n) is 12.5. The maximum absolute atomic E-state index is 3.45. The molecule has 0 heterocycles. The molecule has 36 heavy (non-hydrogen) atoms. The van der Waals surface area contributed by atoms with Gasteiger partial charge in [-0.2, -0.15) is 71.8 Å². The normalized spacial score (nSPS) is 14.2. The van der Waals surface area contributed by atoms with Crippen molar-refractivity contribution in [3.8, 4) is 11.1 Å². The van der Waals surface area contributed by atoms with Gasteiger partial charge in [0.05, 0.1) is 0 Å². The molecule has 0 saturated carbocycles. The molecule has 2 aliphatic rings. The van der Waals surface area contributed by atoms with Crippen LogP contribution in [0.25, 0.3) is 11.1 Å². The molecular formula is C35H42Zr-4. The van der Waals surface area contributed by atoms with Crippen LogP contribution in [0, 0.1) is 50.8 Å². The molecule has 0 amide bonds. The first-order chi connectivity index (χ1) is 16.8. The topological polar surface area (TPSA) is 0 Å². The van der Waals surface area contributed by atoms with Gasteiger partial charge in [-0.3, -0.25) is 6.08 Å². The van der Waals surface area contributed by atoms with Crippen molar-refractivity contribution in [2.45, 2.75) is 60.8 Å². The summed E-state index contributed by atoms with van der Waals surface area (Å²) in [6.07, 6.45) is 11.5. The van der Waals surface area contributed by atoms with E-state index in [1.807, 2.05) is 30.3 Å². The van der Waals surface area contributed by atoms with Crippen LogP contribution < -0.4 is 0 Å². The van der Waals surface area contributed by atoms with Crippen molar-refractivity contribution in [3.05, 3.63) is 126 Å². The van der Waals surface area contributed by atoms with E-state index in [1.165, 1.54) is 76.0 Å². The smallest absolute Gasteiger partial charge is 0.171 e. The molecule has 0 N–H and O–H groups in total. The van der Waals surface area contributed by atoms with Crippen LogP contribution in [0.2, 0.25) is 0 Å². The molecule has 0 aromatic heterocycles. The van der Waals surface area contributed by atoms with Crippen LogP contribution >= 0.6 is 0 Å². The number of aryl methyl sites for hydroxylation is 2. The van der Waals surface area contributed by atoms with Gasteiger partial charge < -0.3 is 7.43 Å². The Morgan fingerprint density at radius 2 is 1.64 bits per heavy atom. The largest absolute Gasteiger partial charge is 0.358 e. The summed E-state index contributed by atoms with van der Waals surface area (Å²) in [6, 6.07) is 27.0. The third-order valence-corrected chi connectivity index (χ3v) is 6.00. The fourth-order valence-corrected chi connectivity index (χ4v) is 4.17. The molecule has 2 aliphatic carbocycles. The van der Waals surface area contributed by atoms with Crippen molar-refractivity contribution in [2.75, 3.05) is 0 Å². The zero-order valence-corrected chi connectivity index (χ0v) is 25.8. The summed E-state index contributed by atoms with van der Waals surface area (Å²) in [4.78, 5) is 0. The second kappa shape index (κ2) is 15.9. The Morgan fingerprint density at radius 1 is 0.972 bits per heavy atom. The van der Waals surface area contributed by atoms with E-state index in [0.29, 0.717) is 11.3 Å². The van der Waals surface area contributed by atoms with Gasteiger partial charge in [0.15, 0.2) is 0 Å². The number of allylic oxidation sites excluding steroid dienone is 4. The van der Waals surface area contributed by atoms with Crippen molar-refractivity contribution in [1.29, 1.82) is 0 Å². The average molecular weight is 554 g/mol. The molecule has 0 radical (unpaired) electrons. The van der Waals surface area contributed by atoms with Gasteiger partial charge in [0, 0.05) is 0 Å². The molecule has 0 nitrogen and oxygen atoms in total. The molecule has 3 aromatic carbocycles. The molecule has 0 aliphatic heterocycles. The van der Waals surface area contributed by atoms with Gasteiger partial charge in [-0.25, -0.2) is 6.08 Å². The van der Waals surface area contributed by atoms with E-state index in [2.05, 4.69) is 106 Å². The Kier molecular flexibility index (Phi) is 14.1. The summed E-state index contributed by atoms with van der Waals surface area (Å²) in [7, 11) is 0. The van der Waals surface area contributed by atoms with Crippen molar-refractivity contribution < 1.29 is 24.2 Å². The summed E-state index contributed by atoms with van der Waals surface area (Å²) < 4.78 is 3.34. The maximum Gasteiger partial charge on any atom is -0.171 e. The Labute approximate surface area is 236 Å². The second-order valence-corrected chi connectivity index (χ2v) is 10.0. The maximum atomic E-state index is 3.45. The van der Waals surface area contributed by atoms with E-state index in [4.69, 9.17) is 0 Å². The summed E-state index contributed by atoms with van der Waals surface area (Å²) in [5, 5.41) is 0. The van der Waals surface area contributed by atoms with Crippen LogP contribution in [-0.2, 0) is 30.7 Å². The Bertz CT molecular complexity index is 1040. The average Bonchev–Trinajstić information content (AvgIpc) is 3.46. The number of rotatable bonds is 2. The van der Waals surface area contributed by atoms with Gasteiger partial charge in [0.1, 0.15) is 0 Å². The van der Waals surface area contributed by atoms with Gasteiger partial charge >= 0.3 is 28.4 Å². The van der Waals surface area contributed by atoms with Gasteiger partial charge in [-0.05, 0) is 18.9 Å². The van der Waals surface area contributed by atoms with Gasteiger partial charge in [-0.1, -0.05) is 88.1 Å². The van der Waals surface area contributed by atoms with E-state index < -0.39 is 0 Å². The quantitative estimate of drug-likeness (QED) is 0.217. The molecule has 1 heteroatoms. The minimum atomic E-state index is 0. The van der Waals surface area contributed by atoms with Crippen molar-refractivity contribution >= 4 is 4.21 Å². The molecule has 0 fully saturated rings. The first-order valence-corrected chi connectivity index (χ1v) is 14.2. The summed E-state index contributed by atoms with van der Waals surface area (Å²) in [5.41, 5.74) is 9.90. The molecular weight excluding hydrogens is 512 g/mol. The van der Waals surface area contributed by atoms with Crippen LogP contribution in [-0.4, -0.2) is 4.21 Å². The van der Waals surface area contributed by atoms with Crippen LogP contribution in [0.5, 0.6) is 0 Å². The van der Waals surface area contributed by atoms with Crippen molar-refractivity contribution in [2.24, 2.45) is 11.3 Å². The zero-order valence-electron chi connectivity index (χ0n) is 23.3. The number of fused-ring (bicyclic) bond motifs is 3. The Morgan fingerprint density at radius 3 is 2.17 bits per heavy atom. The predicted octanol–water partition coefficient (Wildman–Crippen LogP) is 9.33. The molecule has 5 rings (SSSR count). The molecule has 0 bridgehead atoms. The Hall–Kier alpha value is -2.11. The predicted molar refractivity (Wildman–Crippen MR) is 156 cm³/mol. The van der Waals surface area contributed by atoms with Gasteiger partial charge in [0.2, 0.25) is 0 Å². The molecule has 1 unspecified atom stereocenters. The molecule has 0 saturated heterocycles. The van der Waals surface area contributed by atoms with Crippen LogP contribution in [0.4, 0.5) is 0 Å². The van der Waals surface area contributed by atoms with Crippen LogP contribution in [0.3, 0.4) is 0 Å². The SMILES string of the molecule is CCCC1[C-]=CC(C(C)(C)C)=C1.Cc1[c-]c2c(cc1)-c1ccc(C)cc1C2.[CH2]=[Zr].[CH3-].[c-]1ccccc1. The van der Waals surface area contributed by atoms with E-state index in [9.17, 15) is 0 Å². The minimum absolute atomic E-state index is 0. The molecule has 1 atom stereocenters. The monoisotopic (exact) mass is 552 g/mol. The van der Waals surface area contributed by atoms with E-state index in [1.54, 1.807) is 0 Å². The molecule has 0 spiro atoms. The number of hydrogen-bond donors (Lipinski definition) is 0. The summed E-state index contributed by atoms with van der Waals surface area (Å²) in [6.45, 7) is 13.2. The molecule has 190 valence electrons. The number of hydrogen-bond acceptors (Lipinski definition) is 0. The van der Waals surface area contributed by atoms with Gasteiger partial charge in [0.25, 0.3) is 0 Å². The van der Waals surface area contributed by atoms with E-state index in [-0.39, 0.29) is 7.43 Å². The van der Waals surface area contributed by atoms with Crippen molar-refractivity contribution in [3.63, 3.8) is 0 Å². The second-order valence-electron chi connectivity index (χ2n) is 10.0. The Balaban J connectivity index is 0.000000277. The van der Waals surface area contributed by atoms with Crippen molar-refractivity contribution in [1.82, 2.24) is 0 Å². The number of benzene rings is 3. The summed E-state index contributed by atoms with van der Waals surface area (Å²) in [5.74, 6) is 0.587. The first kappa shape index (κ1) is 31.9. The summed E-state index contributed by atoms with van der Waals surface area (Å²) >= 11 is 1.30. The van der Waals surface area contributed by atoms with Crippen LogP contribution in [0.1, 0.15) is 62.8 Å². The van der Waals surface area contributed by atoms with Crippen LogP contribution in [0.15, 0.2) is 78.4 Å². The van der Waals surface area contributed by atoms with E-state index in [0.717, 1.165) is 6.42 Å².